The van der Waals surface area contributed by atoms with Gasteiger partial charge >= 0.3 is 12.1 Å². The van der Waals surface area contributed by atoms with Crippen LogP contribution in [0.15, 0.2) is 65.7 Å². The Kier molecular flexibility index (Phi) is 11.0. The highest BCUT2D eigenvalue weighted by atomic mass is 16.6. The maximum absolute atomic E-state index is 14.1. The number of aliphatic imine (C=N–C) groups is 1. The molecule has 0 bridgehead atoms. The number of allylic oxidation sites excluding steroid dienone is 1. The highest BCUT2D eigenvalue weighted by Crippen LogP contribution is 2.43. The topological polar surface area (TPSA) is 177 Å². The van der Waals surface area contributed by atoms with Crippen molar-refractivity contribution < 1.29 is 53.1 Å². The molecular weight excluding hydrogens is 736 g/mol. The van der Waals surface area contributed by atoms with Crippen molar-refractivity contribution in [3.8, 4) is 23.0 Å². The van der Waals surface area contributed by atoms with Gasteiger partial charge in [0.25, 0.3) is 11.8 Å². The third-order valence-electron chi connectivity index (χ3n) is 11.3. The Morgan fingerprint density at radius 2 is 1.54 bits per heavy atom. The van der Waals surface area contributed by atoms with Crippen LogP contribution in [0.2, 0.25) is 0 Å². The fraction of sp³-hybridized carbons (Fsp3) is 0.452. The van der Waals surface area contributed by atoms with Gasteiger partial charge in [0, 0.05) is 37.9 Å². The number of fused-ring (bicyclic) bond motifs is 4. The summed E-state index contributed by atoms with van der Waals surface area (Å²) in [6.45, 7) is 10.7. The first kappa shape index (κ1) is 39.4. The van der Waals surface area contributed by atoms with Crippen molar-refractivity contribution in [3.63, 3.8) is 0 Å². The highest BCUT2D eigenvalue weighted by Gasteiger charge is 2.47. The Labute approximate surface area is 330 Å². The SMILES string of the molecule is C=C1C[C@H]2C=Nc3cc(OCCCOc4cc5c(cc4OC)C(=O)N4CC(=C)C[C@H]4C(O)N5C(=O)O[C@H]4/C=C/CC[C@@](C)(C(=O)O)CC4)c(OC)cc3C(=O)N2C1. The van der Waals surface area contributed by atoms with Gasteiger partial charge in [0.2, 0.25) is 0 Å². The summed E-state index contributed by atoms with van der Waals surface area (Å²) < 4.78 is 29.4. The summed E-state index contributed by atoms with van der Waals surface area (Å²) in [7, 11) is 2.93. The quantitative estimate of drug-likeness (QED) is 0.224. The number of methoxy groups -OCH3 is 2. The minimum Gasteiger partial charge on any atom is -0.493 e. The second-order valence-electron chi connectivity index (χ2n) is 15.4. The lowest BCUT2D eigenvalue weighted by atomic mass is 9.79. The number of nitrogens with zero attached hydrogens (tertiary/aromatic N) is 4. The minimum atomic E-state index is -1.50. The summed E-state index contributed by atoms with van der Waals surface area (Å²) >= 11 is 0. The van der Waals surface area contributed by atoms with Crippen LogP contribution in [0.25, 0.3) is 0 Å². The van der Waals surface area contributed by atoms with Gasteiger partial charge in [-0.25, -0.2) is 9.69 Å². The number of carbonyl (C=O) groups is 4. The van der Waals surface area contributed by atoms with Crippen molar-refractivity contribution in [2.75, 3.05) is 45.4 Å². The summed E-state index contributed by atoms with van der Waals surface area (Å²) in [5.74, 6) is -0.248. The van der Waals surface area contributed by atoms with E-state index in [0.29, 0.717) is 55.0 Å². The summed E-state index contributed by atoms with van der Waals surface area (Å²) in [5.41, 5.74) is 1.80. The van der Waals surface area contributed by atoms with E-state index in [1.54, 1.807) is 42.3 Å². The Hall–Kier alpha value is -5.83. The van der Waals surface area contributed by atoms with Crippen LogP contribution in [0, 0.1) is 5.41 Å². The lowest BCUT2D eigenvalue weighted by molar-refractivity contribution is -0.149. The van der Waals surface area contributed by atoms with E-state index >= 15 is 0 Å². The summed E-state index contributed by atoms with van der Waals surface area (Å²) in [6.07, 6.45) is 4.95. The van der Waals surface area contributed by atoms with Gasteiger partial charge in [-0.3, -0.25) is 19.4 Å². The molecule has 0 radical (unpaired) electrons. The number of hydrogen-bond donors (Lipinski definition) is 2. The number of carbonyl (C=O) groups excluding carboxylic acids is 3. The van der Waals surface area contributed by atoms with E-state index in [2.05, 4.69) is 18.2 Å². The van der Waals surface area contributed by atoms with Gasteiger partial charge in [-0.15, -0.1) is 0 Å². The van der Waals surface area contributed by atoms with Crippen LogP contribution in [0.4, 0.5) is 16.2 Å². The number of rotatable bonds is 10. The van der Waals surface area contributed by atoms with E-state index in [9.17, 15) is 29.4 Å². The Bertz CT molecular complexity index is 2060. The van der Waals surface area contributed by atoms with E-state index in [-0.39, 0.29) is 73.7 Å². The summed E-state index contributed by atoms with van der Waals surface area (Å²) in [4.78, 5) is 62.4. The molecule has 5 atom stereocenters. The lowest BCUT2D eigenvalue weighted by Gasteiger charge is -2.33. The molecule has 15 heteroatoms. The van der Waals surface area contributed by atoms with Crippen molar-refractivity contribution in [2.45, 2.75) is 76.3 Å². The first-order valence-corrected chi connectivity index (χ1v) is 19.1. The van der Waals surface area contributed by atoms with E-state index < -0.39 is 41.8 Å². The average molecular weight is 785 g/mol. The fourth-order valence-electron chi connectivity index (χ4n) is 8.04. The van der Waals surface area contributed by atoms with Gasteiger partial charge in [0.1, 0.15) is 6.10 Å². The highest BCUT2D eigenvalue weighted by molar-refractivity contribution is 6.06. The van der Waals surface area contributed by atoms with E-state index in [4.69, 9.17) is 23.7 Å². The molecule has 5 aliphatic rings. The van der Waals surface area contributed by atoms with E-state index in [0.717, 1.165) is 16.0 Å². The predicted octanol–water partition coefficient (Wildman–Crippen LogP) is 5.67. The van der Waals surface area contributed by atoms with Crippen molar-refractivity contribution in [3.05, 3.63) is 71.8 Å². The van der Waals surface area contributed by atoms with Gasteiger partial charge in [-0.1, -0.05) is 30.4 Å². The largest absolute Gasteiger partial charge is 0.493 e. The lowest BCUT2D eigenvalue weighted by Crippen LogP contribution is -2.51. The number of benzene rings is 2. The monoisotopic (exact) mass is 784 g/mol. The average Bonchev–Trinajstić information content (AvgIpc) is 3.72. The van der Waals surface area contributed by atoms with Crippen LogP contribution in [-0.2, 0) is 9.53 Å². The molecular formula is C42H48N4O11. The first-order valence-electron chi connectivity index (χ1n) is 19.1. The molecule has 7 rings (SSSR count). The second kappa shape index (κ2) is 16.0. The zero-order chi connectivity index (χ0) is 40.6. The molecule has 15 nitrogen and oxygen atoms in total. The molecule has 2 N–H and O–H groups in total. The van der Waals surface area contributed by atoms with Crippen LogP contribution in [0.3, 0.4) is 0 Å². The van der Waals surface area contributed by atoms with Gasteiger partial charge in [-0.05, 0) is 63.7 Å². The molecule has 57 heavy (non-hydrogen) atoms. The molecule has 2 aromatic rings. The molecule has 2 saturated heterocycles. The second-order valence-corrected chi connectivity index (χ2v) is 15.4. The fourth-order valence-corrected chi connectivity index (χ4v) is 8.04. The third kappa shape index (κ3) is 7.67. The van der Waals surface area contributed by atoms with Crippen molar-refractivity contribution in [1.82, 2.24) is 9.80 Å². The standard InChI is InChI=1S/C42H48N4O11/c1-24-15-26-21-43-30-19-35(33(53-4)17-28(30)37(47)44(26)22-24)55-13-8-14-56-36-20-31-29(18-34(36)54-5)38(48)45-23-25(2)16-32(45)39(49)46(31)41(52)57-27-9-6-7-11-42(3,12-10-27)40(50)51/h6,9,17-21,26-27,32,39,49H,1-2,7-8,10-16,22-23H2,3-5H3,(H,50,51)/b9-6+/t26-,27-,32-,39?,42+/m0/s1. The molecule has 0 aromatic heterocycles. The zero-order valence-corrected chi connectivity index (χ0v) is 32.4. The first-order chi connectivity index (χ1) is 27.3. The van der Waals surface area contributed by atoms with E-state index in [1.807, 2.05) is 0 Å². The zero-order valence-electron chi connectivity index (χ0n) is 32.4. The maximum Gasteiger partial charge on any atom is 0.417 e. The Morgan fingerprint density at radius 1 is 0.895 bits per heavy atom. The van der Waals surface area contributed by atoms with Crippen LogP contribution in [0.1, 0.15) is 72.6 Å². The van der Waals surface area contributed by atoms with Crippen LogP contribution < -0.4 is 23.8 Å². The normalized spacial score (nSPS) is 25.9. The molecule has 2 aromatic carbocycles. The minimum absolute atomic E-state index is 0.0735. The molecule has 4 aliphatic heterocycles. The van der Waals surface area contributed by atoms with Gasteiger partial charge in [0.15, 0.2) is 29.2 Å². The summed E-state index contributed by atoms with van der Waals surface area (Å²) in [5, 5.41) is 21.6. The number of aliphatic hydroxyl groups excluding tert-OH is 1. The van der Waals surface area contributed by atoms with Gasteiger partial charge in [-0.2, -0.15) is 0 Å². The number of aliphatic hydroxyl groups is 1. The molecule has 302 valence electrons. The van der Waals surface area contributed by atoms with Crippen molar-refractivity contribution in [1.29, 1.82) is 0 Å². The van der Waals surface area contributed by atoms with Gasteiger partial charge in [0.05, 0.1) is 67.4 Å². The summed E-state index contributed by atoms with van der Waals surface area (Å²) in [6, 6.07) is 5.35. The van der Waals surface area contributed by atoms with Crippen molar-refractivity contribution >= 4 is 41.5 Å². The number of carboxylic acid groups (broad SMARTS) is 1. The number of carboxylic acids is 1. The molecule has 4 heterocycles. The number of aliphatic carboxylic acids is 1. The Balaban J connectivity index is 1.09. The molecule has 1 unspecified atom stereocenters. The van der Waals surface area contributed by atoms with Crippen LogP contribution in [-0.4, -0.2) is 115 Å². The van der Waals surface area contributed by atoms with Crippen LogP contribution >= 0.6 is 0 Å². The maximum atomic E-state index is 14.1. The van der Waals surface area contributed by atoms with E-state index in [1.165, 1.54) is 31.3 Å². The molecule has 0 saturated carbocycles. The molecule has 3 amide bonds. The number of anilines is 1. The molecule has 2 fully saturated rings. The van der Waals surface area contributed by atoms with Gasteiger partial charge < -0.3 is 43.7 Å². The third-order valence-corrected chi connectivity index (χ3v) is 11.3. The van der Waals surface area contributed by atoms with Crippen LogP contribution in [0.5, 0.6) is 23.0 Å². The predicted molar refractivity (Wildman–Crippen MR) is 209 cm³/mol. The Morgan fingerprint density at radius 3 is 2.25 bits per heavy atom. The number of hydrogen-bond acceptors (Lipinski definition) is 11. The molecule has 1 aliphatic carbocycles. The number of ether oxygens (including phenoxy) is 5. The smallest absolute Gasteiger partial charge is 0.417 e. The molecule has 0 spiro atoms. The van der Waals surface area contributed by atoms with Crippen molar-refractivity contribution in [2.24, 2.45) is 10.4 Å². The number of amides is 3.